The van der Waals surface area contributed by atoms with Gasteiger partial charge in [-0.15, -0.1) is 0 Å². The maximum Gasteiger partial charge on any atom is 0.308 e. The summed E-state index contributed by atoms with van der Waals surface area (Å²) in [6.07, 6.45) is 11.2. The summed E-state index contributed by atoms with van der Waals surface area (Å²) < 4.78 is 15.9. The summed E-state index contributed by atoms with van der Waals surface area (Å²) in [5, 5.41) is 4.29. The highest BCUT2D eigenvalue weighted by Crippen LogP contribution is 2.39. The van der Waals surface area contributed by atoms with Crippen LogP contribution in [0.5, 0.6) is 17.2 Å². The quantitative estimate of drug-likeness (QED) is 0.176. The van der Waals surface area contributed by atoms with Gasteiger partial charge in [0.25, 0.3) is 0 Å². The van der Waals surface area contributed by atoms with E-state index in [2.05, 4.69) is 45.7 Å². The third kappa shape index (κ3) is 6.83. The van der Waals surface area contributed by atoms with Crippen molar-refractivity contribution in [3.63, 3.8) is 0 Å². The van der Waals surface area contributed by atoms with E-state index in [0.29, 0.717) is 24.0 Å². The molecule has 1 fully saturated rings. The topological polar surface area (TPSA) is 92.9 Å². The van der Waals surface area contributed by atoms with Crippen LogP contribution in [-0.2, 0) is 9.59 Å². The number of benzene rings is 2. The molecule has 2 heterocycles. The molecule has 2 aromatic carbocycles. The molecule has 2 N–H and O–H groups in total. The zero-order valence-corrected chi connectivity index (χ0v) is 22.2. The van der Waals surface area contributed by atoms with Crippen molar-refractivity contribution in [3.8, 4) is 17.2 Å². The molecule has 1 aromatic heterocycles. The minimum atomic E-state index is -0.464. The van der Waals surface area contributed by atoms with Crippen LogP contribution in [0.4, 0.5) is 0 Å². The van der Waals surface area contributed by atoms with E-state index in [0.717, 1.165) is 38.0 Å². The second-order valence-electron chi connectivity index (χ2n) is 9.26. The SMILES string of the molecule is COc1cc(C=CC=CC(=O)NCCN2CCC(c3c[nH]c4ccccc34)CC2)cc(OC)c1OC(C)=O. The van der Waals surface area contributed by atoms with E-state index in [4.69, 9.17) is 14.2 Å². The molecular weight excluding hydrogens is 482 g/mol. The second-order valence-corrected chi connectivity index (χ2v) is 9.26. The van der Waals surface area contributed by atoms with Crippen LogP contribution in [-0.4, -0.2) is 62.2 Å². The number of amides is 1. The number of nitrogens with zero attached hydrogens (tertiary/aromatic N) is 1. The number of aromatic amines is 1. The summed E-state index contributed by atoms with van der Waals surface area (Å²) in [5.74, 6) is 0.969. The molecule has 0 atom stereocenters. The second kappa shape index (κ2) is 13.0. The van der Waals surface area contributed by atoms with Crippen LogP contribution < -0.4 is 19.5 Å². The molecule has 1 amide bonds. The van der Waals surface area contributed by atoms with E-state index < -0.39 is 5.97 Å². The Kier molecular flexibility index (Phi) is 9.21. The van der Waals surface area contributed by atoms with E-state index in [-0.39, 0.29) is 11.7 Å². The molecule has 200 valence electrons. The molecule has 4 rings (SSSR count). The molecule has 1 aliphatic heterocycles. The fourth-order valence-electron chi connectivity index (χ4n) is 4.85. The van der Waals surface area contributed by atoms with Crippen molar-refractivity contribution in [2.24, 2.45) is 0 Å². The molecule has 0 spiro atoms. The lowest BCUT2D eigenvalue weighted by molar-refractivity contribution is -0.132. The van der Waals surface area contributed by atoms with E-state index in [1.165, 1.54) is 43.7 Å². The number of rotatable bonds is 10. The number of carbonyl (C=O) groups excluding carboxylic acids is 2. The van der Waals surface area contributed by atoms with Crippen LogP contribution in [0.1, 0.15) is 36.8 Å². The summed E-state index contributed by atoms with van der Waals surface area (Å²) in [6, 6.07) is 11.9. The van der Waals surface area contributed by atoms with Gasteiger partial charge in [0.05, 0.1) is 14.2 Å². The lowest BCUT2D eigenvalue weighted by Gasteiger charge is -2.31. The summed E-state index contributed by atoms with van der Waals surface area (Å²) >= 11 is 0. The monoisotopic (exact) mass is 517 g/mol. The Labute approximate surface area is 223 Å². The van der Waals surface area contributed by atoms with E-state index in [1.54, 1.807) is 24.3 Å². The van der Waals surface area contributed by atoms with Crippen molar-refractivity contribution >= 4 is 28.9 Å². The van der Waals surface area contributed by atoms with Crippen LogP contribution in [0.2, 0.25) is 0 Å². The maximum atomic E-state index is 12.2. The molecule has 0 bridgehead atoms. The number of methoxy groups -OCH3 is 2. The normalized spacial score (nSPS) is 14.8. The van der Waals surface area contributed by atoms with Crippen molar-refractivity contribution in [3.05, 3.63) is 72.0 Å². The molecule has 1 aliphatic rings. The van der Waals surface area contributed by atoms with Crippen LogP contribution in [0.25, 0.3) is 17.0 Å². The standard InChI is InChI=1S/C30H35N3O5/c1-21(34)38-30-27(36-2)18-22(19-28(30)37-3)8-4-7-11-29(35)31-14-17-33-15-12-23(13-16-33)25-20-32-26-10-6-5-9-24(25)26/h4-11,18-20,23,32H,12-17H2,1-3H3,(H,31,35). The first kappa shape index (κ1) is 27.0. The molecule has 3 aromatic rings. The Balaban J connectivity index is 1.21. The molecule has 0 unspecified atom stereocenters. The number of likely N-dealkylation sites (tertiary alicyclic amines) is 1. The first-order valence-electron chi connectivity index (χ1n) is 12.8. The van der Waals surface area contributed by atoms with Gasteiger partial charge in [-0.2, -0.15) is 0 Å². The maximum absolute atomic E-state index is 12.2. The minimum Gasteiger partial charge on any atom is -0.493 e. The first-order chi connectivity index (χ1) is 18.5. The van der Waals surface area contributed by atoms with Crippen molar-refractivity contribution < 1.29 is 23.8 Å². The summed E-state index contributed by atoms with van der Waals surface area (Å²) in [4.78, 5) is 29.4. The first-order valence-corrected chi connectivity index (χ1v) is 12.8. The van der Waals surface area contributed by atoms with Gasteiger partial charge in [-0.05, 0) is 61.2 Å². The summed E-state index contributed by atoms with van der Waals surface area (Å²) in [6.45, 7) is 4.82. The van der Waals surface area contributed by atoms with Gasteiger partial charge in [-0.1, -0.05) is 36.4 Å². The molecule has 0 aliphatic carbocycles. The summed E-state index contributed by atoms with van der Waals surface area (Å²) in [5.41, 5.74) is 3.40. The smallest absolute Gasteiger partial charge is 0.308 e. The lowest BCUT2D eigenvalue weighted by atomic mass is 9.89. The Bertz CT molecular complexity index is 1290. The lowest BCUT2D eigenvalue weighted by Crippen LogP contribution is -2.38. The van der Waals surface area contributed by atoms with E-state index in [9.17, 15) is 9.59 Å². The number of hydrogen-bond donors (Lipinski definition) is 2. The zero-order valence-electron chi connectivity index (χ0n) is 22.2. The number of allylic oxidation sites excluding steroid dienone is 2. The third-order valence-corrected chi connectivity index (χ3v) is 6.75. The van der Waals surface area contributed by atoms with Crippen molar-refractivity contribution in [2.75, 3.05) is 40.4 Å². The van der Waals surface area contributed by atoms with Gasteiger partial charge in [-0.3, -0.25) is 9.59 Å². The van der Waals surface area contributed by atoms with E-state index in [1.807, 2.05) is 6.08 Å². The number of aromatic nitrogens is 1. The van der Waals surface area contributed by atoms with Gasteiger partial charge < -0.3 is 29.4 Å². The van der Waals surface area contributed by atoms with Crippen LogP contribution in [0.3, 0.4) is 0 Å². The number of piperidine rings is 1. The van der Waals surface area contributed by atoms with Gasteiger partial charge in [0.2, 0.25) is 11.7 Å². The zero-order chi connectivity index (χ0) is 26.9. The molecule has 0 saturated carbocycles. The van der Waals surface area contributed by atoms with Gasteiger partial charge in [-0.25, -0.2) is 0 Å². The number of esters is 1. The highest BCUT2D eigenvalue weighted by molar-refractivity contribution is 5.88. The predicted octanol–water partition coefficient (Wildman–Crippen LogP) is 4.68. The Hall–Kier alpha value is -4.04. The number of para-hydroxylation sites is 1. The number of H-pyrrole nitrogens is 1. The van der Waals surface area contributed by atoms with Crippen molar-refractivity contribution in [1.29, 1.82) is 0 Å². The van der Waals surface area contributed by atoms with Crippen LogP contribution >= 0.6 is 0 Å². The largest absolute Gasteiger partial charge is 0.493 e. The average molecular weight is 518 g/mol. The number of nitrogens with one attached hydrogen (secondary N) is 2. The van der Waals surface area contributed by atoms with Crippen molar-refractivity contribution in [2.45, 2.75) is 25.7 Å². The minimum absolute atomic E-state index is 0.135. The number of hydrogen-bond acceptors (Lipinski definition) is 6. The number of ether oxygens (including phenoxy) is 3. The van der Waals surface area contributed by atoms with E-state index >= 15 is 0 Å². The Morgan fingerprint density at radius 1 is 1.08 bits per heavy atom. The molecule has 8 heteroatoms. The number of fused-ring (bicyclic) bond motifs is 1. The molecule has 0 radical (unpaired) electrons. The molecule has 8 nitrogen and oxygen atoms in total. The average Bonchev–Trinajstić information content (AvgIpc) is 3.36. The molecular formula is C30H35N3O5. The van der Waals surface area contributed by atoms with Gasteiger partial charge in [0, 0.05) is 43.2 Å². The van der Waals surface area contributed by atoms with Gasteiger partial charge >= 0.3 is 5.97 Å². The highest BCUT2D eigenvalue weighted by Gasteiger charge is 2.22. The molecule has 38 heavy (non-hydrogen) atoms. The Morgan fingerprint density at radius 3 is 2.47 bits per heavy atom. The highest BCUT2D eigenvalue weighted by atomic mass is 16.6. The predicted molar refractivity (Wildman–Crippen MR) is 149 cm³/mol. The van der Waals surface area contributed by atoms with Crippen LogP contribution in [0, 0.1) is 0 Å². The Morgan fingerprint density at radius 2 is 1.79 bits per heavy atom. The fourth-order valence-corrected chi connectivity index (χ4v) is 4.85. The number of carbonyl (C=O) groups is 2. The fraction of sp³-hybridized carbons (Fsp3) is 0.333. The van der Waals surface area contributed by atoms with Gasteiger partial charge in [0.1, 0.15) is 0 Å². The van der Waals surface area contributed by atoms with Crippen LogP contribution in [0.15, 0.2) is 60.8 Å². The van der Waals surface area contributed by atoms with Gasteiger partial charge in [0.15, 0.2) is 11.5 Å². The summed E-state index contributed by atoms with van der Waals surface area (Å²) in [7, 11) is 2.98. The van der Waals surface area contributed by atoms with Crippen molar-refractivity contribution in [1.82, 2.24) is 15.2 Å². The molecule has 1 saturated heterocycles. The third-order valence-electron chi connectivity index (χ3n) is 6.75.